The Morgan fingerprint density at radius 2 is 0.806 bits per heavy atom. The number of para-hydroxylation sites is 5. The number of H-pyrrole nitrogens is 4. The Hall–Kier alpha value is -13.6. The molecular formula is C76H60N18O4. The number of hydrogen-bond acceptors (Lipinski definition) is 13. The van der Waals surface area contributed by atoms with Gasteiger partial charge in [0.1, 0.15) is 51.6 Å². The van der Waals surface area contributed by atoms with E-state index in [0.717, 1.165) is 84.3 Å². The summed E-state index contributed by atoms with van der Waals surface area (Å²) in [6.45, 7) is 12.9. The zero-order chi connectivity index (χ0) is 67.7. The summed E-state index contributed by atoms with van der Waals surface area (Å²) in [5, 5.41) is 22.7. The number of aromatic nitrogens is 8. The molecule has 8 aromatic carbocycles. The molecule has 478 valence electrons. The number of rotatable bonds is 11. The maximum Gasteiger partial charge on any atom is 0.274 e. The normalized spacial score (nSPS) is 12.7. The molecule has 0 spiro atoms. The van der Waals surface area contributed by atoms with E-state index in [1.165, 1.54) is 12.7 Å². The number of nitrogens with one attached hydrogen (secondary N) is 8. The first-order valence-electron chi connectivity index (χ1n) is 31.2. The highest BCUT2D eigenvalue weighted by Gasteiger charge is 2.29. The quantitative estimate of drug-likeness (QED) is 0.0570. The van der Waals surface area contributed by atoms with E-state index in [-0.39, 0.29) is 29.2 Å². The third-order valence-corrected chi connectivity index (χ3v) is 16.0. The van der Waals surface area contributed by atoms with E-state index in [0.29, 0.717) is 93.9 Å². The molecule has 0 fully saturated rings. The highest BCUT2D eigenvalue weighted by Crippen LogP contribution is 2.34. The van der Waals surface area contributed by atoms with E-state index in [1.807, 2.05) is 160 Å². The molecular weight excluding hydrogens is 1230 g/mol. The number of fused-ring (bicyclic) bond motifs is 5. The first-order chi connectivity index (χ1) is 47.7. The van der Waals surface area contributed by atoms with Crippen LogP contribution < -0.4 is 21.3 Å². The third-order valence-electron chi connectivity index (χ3n) is 16.0. The van der Waals surface area contributed by atoms with Gasteiger partial charge in [0.15, 0.2) is 5.69 Å². The van der Waals surface area contributed by atoms with E-state index in [1.54, 1.807) is 61.2 Å². The van der Waals surface area contributed by atoms with Crippen molar-refractivity contribution in [3.8, 4) is 6.07 Å². The monoisotopic (exact) mass is 1290 g/mol. The second-order valence-electron chi connectivity index (χ2n) is 23.9. The summed E-state index contributed by atoms with van der Waals surface area (Å²) in [6.07, 6.45) is 8.71. The van der Waals surface area contributed by atoms with Crippen LogP contribution in [0.5, 0.6) is 0 Å². The topological polar surface area (TPSA) is 309 Å². The third kappa shape index (κ3) is 14.0. The van der Waals surface area contributed by atoms with Gasteiger partial charge in [-0.1, -0.05) is 133 Å². The lowest BCUT2D eigenvalue weighted by molar-refractivity contribution is 0.0913. The number of nitriles is 1. The van der Waals surface area contributed by atoms with Gasteiger partial charge in [-0.15, -0.1) is 0 Å². The molecule has 0 saturated heterocycles. The number of amides is 4. The number of benzene rings is 8. The lowest BCUT2D eigenvalue weighted by atomic mass is 10.1. The molecule has 0 saturated carbocycles. The minimum Gasteiger partial charge on any atom is -0.346 e. The molecule has 0 unspecified atom stereocenters. The Kier molecular flexibility index (Phi) is 18.0. The lowest BCUT2D eigenvalue weighted by Crippen LogP contribution is -2.41. The lowest BCUT2D eigenvalue weighted by Gasteiger charge is -2.20. The predicted octanol–water partition coefficient (Wildman–Crippen LogP) is 14.2. The van der Waals surface area contributed by atoms with Gasteiger partial charge in [-0.2, -0.15) is 5.26 Å². The van der Waals surface area contributed by atoms with Gasteiger partial charge in [-0.3, -0.25) is 39.1 Å². The fourth-order valence-corrected chi connectivity index (χ4v) is 11.5. The predicted molar refractivity (Wildman–Crippen MR) is 379 cm³/mol. The van der Waals surface area contributed by atoms with Gasteiger partial charge in [0, 0.05) is 48.0 Å². The number of imidazole rings is 4. The van der Waals surface area contributed by atoms with Crippen molar-refractivity contribution < 1.29 is 19.2 Å². The van der Waals surface area contributed by atoms with Crippen molar-refractivity contribution in [3.05, 3.63) is 298 Å². The van der Waals surface area contributed by atoms with Gasteiger partial charge >= 0.3 is 0 Å². The van der Waals surface area contributed by atoms with Crippen molar-refractivity contribution in [2.75, 3.05) is 16.0 Å². The first-order valence-corrected chi connectivity index (χ1v) is 31.2. The fraction of sp³-hybridized carbons (Fsp3) is 0.105. The van der Waals surface area contributed by atoms with Crippen LogP contribution >= 0.6 is 0 Å². The molecule has 8 heterocycles. The molecule has 16 rings (SSSR count). The van der Waals surface area contributed by atoms with E-state index in [2.05, 4.69) is 92.0 Å². The van der Waals surface area contributed by atoms with Gasteiger partial charge in [0.2, 0.25) is 0 Å². The van der Waals surface area contributed by atoms with Gasteiger partial charge in [-0.25, -0.2) is 24.8 Å². The number of carbonyl (C=O) groups is 4. The van der Waals surface area contributed by atoms with Gasteiger partial charge < -0.3 is 41.2 Å². The van der Waals surface area contributed by atoms with Crippen molar-refractivity contribution in [3.63, 3.8) is 0 Å². The van der Waals surface area contributed by atoms with Crippen molar-refractivity contribution in [2.45, 2.75) is 52.0 Å². The number of nitrogens with zero attached hydrogens (tertiary/aromatic N) is 10. The summed E-state index contributed by atoms with van der Waals surface area (Å²) in [7, 11) is 0. The number of hydrogen-bond donors (Lipinski definition) is 8. The molecule has 0 aliphatic carbocycles. The van der Waals surface area contributed by atoms with Crippen molar-refractivity contribution in [2.24, 2.45) is 20.0 Å². The molecule has 4 aromatic heterocycles. The molecule has 98 heavy (non-hydrogen) atoms. The summed E-state index contributed by atoms with van der Waals surface area (Å²) >= 11 is 0. The molecule has 0 bridgehead atoms. The highest BCUT2D eigenvalue weighted by atomic mass is 16.2. The smallest absolute Gasteiger partial charge is 0.274 e. The van der Waals surface area contributed by atoms with Crippen LogP contribution in [-0.2, 0) is 25.7 Å². The second-order valence-corrected chi connectivity index (χ2v) is 23.9. The first kappa shape index (κ1) is 63.2. The SMILES string of the molecule is CC(C)(C)NC(=O)c1[nH]cnc1C1=Nc2ccccc2C1.N#Cc1ccccc1NC(=O)c1[nH]cnc1C1=Nc2ccccc2C1.O=C(Nc1cccc2ccccc12)c1[nH]cnc1C1=Nc2ccccc2C1.[C-]#[N+]c1cccc(NC(=O)c2[nH]cnc2C2=Nc3ccccc3C2)c1. The Balaban J connectivity index is 0.000000118. The van der Waals surface area contributed by atoms with Crippen molar-refractivity contribution in [1.82, 2.24) is 45.2 Å². The van der Waals surface area contributed by atoms with Crippen LogP contribution in [0, 0.1) is 17.9 Å². The van der Waals surface area contributed by atoms with E-state index in [9.17, 15) is 19.2 Å². The Morgan fingerprint density at radius 3 is 1.24 bits per heavy atom. The van der Waals surface area contributed by atoms with Crippen LogP contribution in [0.2, 0.25) is 0 Å². The maximum absolute atomic E-state index is 12.9. The number of aliphatic imine (C=N–C) groups is 4. The van der Waals surface area contributed by atoms with Crippen LogP contribution in [0.3, 0.4) is 0 Å². The van der Waals surface area contributed by atoms with E-state index >= 15 is 0 Å². The zero-order valence-electron chi connectivity index (χ0n) is 53.1. The summed E-state index contributed by atoms with van der Waals surface area (Å²) in [6, 6.07) is 61.2. The number of aromatic amines is 4. The molecule has 4 aliphatic rings. The molecule has 8 N–H and O–H groups in total. The molecule has 0 atom stereocenters. The van der Waals surface area contributed by atoms with E-state index < -0.39 is 0 Å². The maximum atomic E-state index is 12.9. The summed E-state index contributed by atoms with van der Waals surface area (Å²) in [5.41, 5.74) is 17.7. The average Bonchev–Trinajstić information content (AvgIpc) is 1.72. The minimum atomic E-state index is -0.353. The largest absolute Gasteiger partial charge is 0.346 e. The molecule has 22 heteroatoms. The Bertz CT molecular complexity index is 5310. The molecule has 4 aliphatic heterocycles. The Labute approximate surface area is 561 Å². The minimum absolute atomic E-state index is 0.159. The Morgan fingerprint density at radius 1 is 0.439 bits per heavy atom. The van der Waals surface area contributed by atoms with Crippen LogP contribution in [0.15, 0.2) is 233 Å². The van der Waals surface area contributed by atoms with Gasteiger partial charge in [0.05, 0.1) is 88.7 Å². The molecule has 22 nitrogen and oxygen atoms in total. The van der Waals surface area contributed by atoms with E-state index in [4.69, 9.17) is 11.8 Å². The van der Waals surface area contributed by atoms with Gasteiger partial charge in [-0.05, 0) is 103 Å². The fourth-order valence-electron chi connectivity index (χ4n) is 11.5. The van der Waals surface area contributed by atoms with Crippen molar-refractivity contribution >= 4 is 103 Å². The van der Waals surface area contributed by atoms with Crippen molar-refractivity contribution in [1.29, 1.82) is 5.26 Å². The zero-order valence-corrected chi connectivity index (χ0v) is 53.1. The number of anilines is 3. The second kappa shape index (κ2) is 27.9. The molecule has 4 amide bonds. The van der Waals surface area contributed by atoms with Gasteiger partial charge in [0.25, 0.3) is 23.6 Å². The van der Waals surface area contributed by atoms with Crippen LogP contribution in [-0.4, -0.2) is 91.9 Å². The summed E-state index contributed by atoms with van der Waals surface area (Å²) in [5.74, 6) is -1.05. The van der Waals surface area contributed by atoms with Crippen LogP contribution in [0.25, 0.3) is 15.6 Å². The molecule has 0 radical (unpaired) electrons. The standard InChI is InChI=1S/C22H16N4O.2C19H13N5O.C16H18N4O/c27-22(26-18-11-5-8-14-6-1-3-9-16(14)18)21-20(23-13-24-21)19-12-15-7-2-4-10-17(15)25-19;1-20-13-6-4-7-14(10-13)23-19(25)18-17(21-11-22-18)16-9-12-5-2-3-8-15(12)24-16;20-10-13-6-2-4-8-15(13)24-19(25)18-17(21-11-22-18)16-9-12-5-1-3-7-14(12)23-16;1-16(2,3)20-15(21)14-13(17-9-18-14)12-8-10-6-4-5-7-11(10)19-12/h1-11,13H,12H2,(H,23,24)(H,26,27);2-8,10-11H,9H2,(H,21,22)(H,23,25);1-8,11H,9H2,(H,21,22)(H,24,25);4-7,9H,8H2,1-3H3,(H,17,18)(H,20,21). The number of carbonyl (C=O) groups excluding carboxylic acids is 4. The average molecular weight is 1290 g/mol. The summed E-state index contributed by atoms with van der Waals surface area (Å²) < 4.78 is 0. The van der Waals surface area contributed by atoms with Crippen LogP contribution in [0.4, 0.5) is 45.5 Å². The molecule has 12 aromatic rings. The summed E-state index contributed by atoms with van der Waals surface area (Å²) in [4.78, 5) is 101. The highest BCUT2D eigenvalue weighted by molar-refractivity contribution is 6.18. The van der Waals surface area contributed by atoms with Crippen LogP contribution in [0.1, 0.15) is 113 Å².